The van der Waals surface area contributed by atoms with E-state index in [0.717, 1.165) is 0 Å². The maximum atomic E-state index is 5.16. The van der Waals surface area contributed by atoms with Crippen LogP contribution in [0.15, 0.2) is 4.52 Å². The molecule has 0 aliphatic heterocycles. The van der Waals surface area contributed by atoms with Crippen molar-refractivity contribution < 1.29 is 4.52 Å². The Morgan fingerprint density at radius 2 is 2.43 bits per heavy atom. The number of aromatic nitrogens is 2. The van der Waals surface area contributed by atoms with Gasteiger partial charge in [-0.3, -0.25) is 0 Å². The molecule has 7 heavy (non-hydrogen) atoms. The van der Waals surface area contributed by atoms with Crippen molar-refractivity contribution in [1.29, 1.82) is 0 Å². The van der Waals surface area contributed by atoms with E-state index in [-0.39, 0.29) is 11.3 Å². The maximum absolute atomic E-state index is 5.16. The molecule has 0 saturated heterocycles. The van der Waals surface area contributed by atoms with Crippen molar-refractivity contribution in [3.63, 3.8) is 0 Å². The van der Waals surface area contributed by atoms with E-state index in [1.54, 1.807) is 0 Å². The van der Waals surface area contributed by atoms with Crippen LogP contribution >= 0.6 is 11.6 Å². The third-order valence-electron chi connectivity index (χ3n) is 0.417. The number of hydrogen-bond donors (Lipinski definition) is 1. The van der Waals surface area contributed by atoms with Crippen molar-refractivity contribution in [2.24, 2.45) is 0 Å². The molecule has 0 bridgehead atoms. The summed E-state index contributed by atoms with van der Waals surface area (Å²) in [5.74, 6) is 0. The zero-order valence-electron chi connectivity index (χ0n) is 3.26. The SMILES string of the molecule is Nc1nc(Cl)no1. The van der Waals surface area contributed by atoms with Gasteiger partial charge in [-0.05, 0) is 16.8 Å². The molecule has 1 aromatic heterocycles. The lowest BCUT2D eigenvalue weighted by molar-refractivity contribution is 0.435. The Hall–Kier alpha value is -0.770. The number of nitrogen functional groups attached to an aromatic ring is 1. The predicted octanol–water partition coefficient (Wildman–Crippen LogP) is 0.305. The van der Waals surface area contributed by atoms with E-state index in [1.165, 1.54) is 0 Å². The second-order valence-electron chi connectivity index (χ2n) is 0.902. The van der Waals surface area contributed by atoms with E-state index in [9.17, 15) is 0 Å². The molecule has 0 unspecified atom stereocenters. The molecular weight excluding hydrogens is 117 g/mol. The van der Waals surface area contributed by atoms with E-state index in [2.05, 4.69) is 14.7 Å². The fraction of sp³-hybridized carbons (Fsp3) is 0. The summed E-state index contributed by atoms with van der Waals surface area (Å²) < 4.78 is 4.25. The molecule has 1 rings (SSSR count). The zero-order chi connectivity index (χ0) is 5.28. The largest absolute Gasteiger partial charge is 0.351 e. The molecule has 2 N–H and O–H groups in total. The number of rotatable bonds is 0. The minimum Gasteiger partial charge on any atom is -0.351 e. The number of halogens is 1. The lowest BCUT2D eigenvalue weighted by atomic mass is 11.2. The van der Waals surface area contributed by atoms with Crippen LogP contribution in [-0.2, 0) is 0 Å². The number of nitrogens with two attached hydrogens (primary N) is 1. The van der Waals surface area contributed by atoms with E-state index >= 15 is 0 Å². The van der Waals surface area contributed by atoms with Gasteiger partial charge in [0.1, 0.15) is 0 Å². The Balaban J connectivity index is 3.04. The summed E-state index contributed by atoms with van der Waals surface area (Å²) in [6, 6.07) is -0.00926. The molecule has 1 aromatic rings. The first kappa shape index (κ1) is 4.39. The van der Waals surface area contributed by atoms with Crippen LogP contribution in [0.4, 0.5) is 6.01 Å². The van der Waals surface area contributed by atoms with Crippen LogP contribution in [0.2, 0.25) is 5.28 Å². The monoisotopic (exact) mass is 119 g/mol. The molecule has 0 aliphatic carbocycles. The summed E-state index contributed by atoms with van der Waals surface area (Å²) >= 11 is 5.16. The van der Waals surface area contributed by atoms with Crippen LogP contribution in [0, 0.1) is 0 Å². The molecule has 0 amide bonds. The molecular formula is C2H2ClN3O. The fourth-order valence-electron chi connectivity index (χ4n) is 0.216. The van der Waals surface area contributed by atoms with Crippen molar-refractivity contribution >= 4 is 17.6 Å². The minimum absolute atomic E-state index is 0.00926. The Labute approximate surface area is 44.3 Å². The van der Waals surface area contributed by atoms with Gasteiger partial charge in [-0.25, -0.2) is 0 Å². The summed E-state index contributed by atoms with van der Waals surface area (Å²) in [6.07, 6.45) is 0. The van der Waals surface area contributed by atoms with Crippen LogP contribution in [0.3, 0.4) is 0 Å². The fourth-order valence-corrected chi connectivity index (χ4v) is 0.334. The van der Waals surface area contributed by atoms with E-state index < -0.39 is 0 Å². The van der Waals surface area contributed by atoms with Gasteiger partial charge in [-0.15, -0.1) is 0 Å². The van der Waals surface area contributed by atoms with Crippen LogP contribution in [0.1, 0.15) is 0 Å². The molecule has 0 radical (unpaired) electrons. The standard InChI is InChI=1S/C2H2ClN3O/c3-1-5-2(4)7-6-1/h(H2,4,5,6). The summed E-state index contributed by atoms with van der Waals surface area (Å²) in [4.78, 5) is 3.38. The molecule has 38 valence electrons. The highest BCUT2D eigenvalue weighted by molar-refractivity contribution is 6.28. The molecule has 5 heteroatoms. The van der Waals surface area contributed by atoms with Gasteiger partial charge in [0.25, 0.3) is 5.28 Å². The topological polar surface area (TPSA) is 64.9 Å². The lowest BCUT2D eigenvalue weighted by Gasteiger charge is -1.65. The summed E-state index contributed by atoms with van der Waals surface area (Å²) in [5.41, 5.74) is 4.95. The van der Waals surface area contributed by atoms with Gasteiger partial charge in [0.15, 0.2) is 0 Å². The molecule has 0 atom stereocenters. The third-order valence-corrected chi connectivity index (χ3v) is 0.570. The first-order chi connectivity index (χ1) is 3.29. The summed E-state index contributed by atoms with van der Waals surface area (Å²) in [7, 11) is 0. The highest BCUT2D eigenvalue weighted by Gasteiger charge is 1.93. The summed E-state index contributed by atoms with van der Waals surface area (Å²) in [5, 5.41) is 3.21. The summed E-state index contributed by atoms with van der Waals surface area (Å²) in [6.45, 7) is 0. The van der Waals surface area contributed by atoms with Crippen LogP contribution in [-0.4, -0.2) is 10.1 Å². The van der Waals surface area contributed by atoms with E-state index in [0.29, 0.717) is 0 Å². The smallest absolute Gasteiger partial charge is 0.319 e. The Kier molecular flexibility index (Phi) is 0.867. The van der Waals surface area contributed by atoms with Crippen molar-refractivity contribution in [3.8, 4) is 0 Å². The molecule has 0 aromatic carbocycles. The third kappa shape index (κ3) is 0.806. The van der Waals surface area contributed by atoms with Crippen LogP contribution < -0.4 is 5.73 Å². The Morgan fingerprint density at radius 1 is 1.71 bits per heavy atom. The van der Waals surface area contributed by atoms with Gasteiger partial charge in [0.05, 0.1) is 0 Å². The average Bonchev–Trinajstić information content (AvgIpc) is 1.87. The second-order valence-corrected chi connectivity index (χ2v) is 1.24. The molecule has 4 nitrogen and oxygen atoms in total. The molecule has 0 spiro atoms. The highest BCUT2D eigenvalue weighted by atomic mass is 35.5. The number of anilines is 1. The Morgan fingerprint density at radius 3 is 2.57 bits per heavy atom. The highest BCUT2D eigenvalue weighted by Crippen LogP contribution is 2.01. The second kappa shape index (κ2) is 1.38. The molecule has 1 heterocycles. The molecule has 0 fully saturated rings. The predicted molar refractivity (Wildman–Crippen MR) is 23.7 cm³/mol. The quantitative estimate of drug-likeness (QED) is 0.534. The van der Waals surface area contributed by atoms with Crippen molar-refractivity contribution in [2.75, 3.05) is 5.73 Å². The minimum atomic E-state index is -0.00926. The van der Waals surface area contributed by atoms with E-state index in [4.69, 9.17) is 17.3 Å². The van der Waals surface area contributed by atoms with Crippen molar-refractivity contribution in [1.82, 2.24) is 10.1 Å². The van der Waals surface area contributed by atoms with Crippen LogP contribution in [0.5, 0.6) is 0 Å². The van der Waals surface area contributed by atoms with Crippen molar-refractivity contribution in [3.05, 3.63) is 5.28 Å². The normalized spacial score (nSPS) is 9.29. The maximum Gasteiger partial charge on any atom is 0.319 e. The molecule has 0 saturated carbocycles. The molecule has 0 aliphatic rings. The van der Waals surface area contributed by atoms with Gasteiger partial charge in [0.2, 0.25) is 0 Å². The van der Waals surface area contributed by atoms with Gasteiger partial charge < -0.3 is 10.3 Å². The van der Waals surface area contributed by atoms with Gasteiger partial charge >= 0.3 is 6.01 Å². The Bertz CT molecular complexity index is 145. The first-order valence-corrected chi connectivity index (χ1v) is 1.91. The first-order valence-electron chi connectivity index (χ1n) is 1.54. The number of nitrogens with zero attached hydrogens (tertiary/aromatic N) is 2. The van der Waals surface area contributed by atoms with Crippen molar-refractivity contribution in [2.45, 2.75) is 0 Å². The van der Waals surface area contributed by atoms with Gasteiger partial charge in [-0.1, -0.05) is 0 Å². The van der Waals surface area contributed by atoms with Gasteiger partial charge in [0, 0.05) is 0 Å². The van der Waals surface area contributed by atoms with E-state index in [1.807, 2.05) is 0 Å². The van der Waals surface area contributed by atoms with Gasteiger partial charge in [-0.2, -0.15) is 4.98 Å². The lowest BCUT2D eigenvalue weighted by Crippen LogP contribution is -1.80. The number of hydrogen-bond acceptors (Lipinski definition) is 4. The zero-order valence-corrected chi connectivity index (χ0v) is 4.01. The van der Waals surface area contributed by atoms with Crippen LogP contribution in [0.25, 0.3) is 0 Å². The average molecular weight is 120 g/mol.